The fourth-order valence-corrected chi connectivity index (χ4v) is 3.40. The minimum atomic E-state index is -0.113. The summed E-state index contributed by atoms with van der Waals surface area (Å²) in [6, 6.07) is 9.59. The molecule has 140 valence electrons. The largest absolute Gasteiger partial charge is 0.496 e. The minimum absolute atomic E-state index is 0.113. The van der Waals surface area contributed by atoms with Gasteiger partial charge in [0, 0.05) is 31.9 Å². The Balaban J connectivity index is 1.78. The molecule has 0 saturated carbocycles. The number of aromatic nitrogens is 3. The lowest BCUT2D eigenvalue weighted by Crippen LogP contribution is -2.39. The molecule has 1 aromatic carbocycles. The quantitative estimate of drug-likeness (QED) is 0.768. The number of pyridine rings is 1. The molecule has 1 fully saturated rings. The minimum Gasteiger partial charge on any atom is -0.496 e. The van der Waals surface area contributed by atoms with Crippen molar-refractivity contribution in [3.05, 3.63) is 42.1 Å². The Morgan fingerprint density at radius 1 is 1.30 bits per heavy atom. The molecule has 7 nitrogen and oxygen atoms in total. The van der Waals surface area contributed by atoms with Crippen LogP contribution in [0, 0.1) is 0 Å². The van der Waals surface area contributed by atoms with Crippen LogP contribution >= 0.6 is 0 Å². The van der Waals surface area contributed by atoms with Gasteiger partial charge in [0.15, 0.2) is 5.65 Å². The van der Waals surface area contributed by atoms with Crippen LogP contribution in [-0.4, -0.2) is 47.0 Å². The molecule has 3 heterocycles. The van der Waals surface area contributed by atoms with Crippen molar-refractivity contribution in [2.24, 2.45) is 7.05 Å². The molecule has 0 aliphatic carbocycles. The topological polar surface area (TPSA) is 78.3 Å². The number of ether oxygens (including phenoxy) is 2. The molecule has 0 bridgehead atoms. The zero-order valence-corrected chi connectivity index (χ0v) is 15.4. The van der Waals surface area contributed by atoms with Gasteiger partial charge in [-0.3, -0.25) is 9.48 Å². The first-order valence-corrected chi connectivity index (χ1v) is 9.02. The van der Waals surface area contributed by atoms with E-state index in [2.05, 4.69) is 10.4 Å². The van der Waals surface area contributed by atoms with E-state index in [-0.39, 0.29) is 11.9 Å². The van der Waals surface area contributed by atoms with Crippen molar-refractivity contribution in [3.8, 4) is 17.0 Å². The lowest BCUT2D eigenvalue weighted by Gasteiger charge is -2.23. The standard InChI is InChI=1S/C20H22N4O3/c1-24-19-16(12-21-24)15(20(25)22-13-7-9-27-10-8-13)11-17(23-19)14-5-3-4-6-18(14)26-2/h3-6,11-13H,7-10H2,1-2H3,(H,22,25). The monoisotopic (exact) mass is 366 g/mol. The first kappa shape index (κ1) is 17.5. The summed E-state index contributed by atoms with van der Waals surface area (Å²) < 4.78 is 12.5. The van der Waals surface area contributed by atoms with E-state index in [0.717, 1.165) is 23.8 Å². The number of fused-ring (bicyclic) bond motifs is 1. The Morgan fingerprint density at radius 2 is 2.07 bits per heavy atom. The highest BCUT2D eigenvalue weighted by atomic mass is 16.5. The molecule has 27 heavy (non-hydrogen) atoms. The third-order valence-corrected chi connectivity index (χ3v) is 4.89. The normalized spacial score (nSPS) is 15.0. The van der Waals surface area contributed by atoms with Crippen molar-refractivity contribution in [2.45, 2.75) is 18.9 Å². The van der Waals surface area contributed by atoms with Gasteiger partial charge in [-0.2, -0.15) is 5.10 Å². The van der Waals surface area contributed by atoms with Gasteiger partial charge >= 0.3 is 0 Å². The maximum Gasteiger partial charge on any atom is 0.252 e. The summed E-state index contributed by atoms with van der Waals surface area (Å²) in [7, 11) is 3.45. The first-order chi connectivity index (χ1) is 13.2. The smallest absolute Gasteiger partial charge is 0.252 e. The highest BCUT2D eigenvalue weighted by Crippen LogP contribution is 2.31. The molecule has 7 heteroatoms. The third-order valence-electron chi connectivity index (χ3n) is 4.89. The first-order valence-electron chi connectivity index (χ1n) is 9.02. The molecular weight excluding hydrogens is 344 g/mol. The second kappa shape index (κ2) is 7.36. The van der Waals surface area contributed by atoms with Crippen LogP contribution in [0.1, 0.15) is 23.2 Å². The van der Waals surface area contributed by atoms with E-state index in [9.17, 15) is 4.79 Å². The van der Waals surface area contributed by atoms with E-state index < -0.39 is 0 Å². The van der Waals surface area contributed by atoms with Gasteiger partial charge in [-0.1, -0.05) is 12.1 Å². The Hall–Kier alpha value is -2.93. The molecule has 2 aromatic heterocycles. The molecular formula is C20H22N4O3. The van der Waals surface area contributed by atoms with Gasteiger partial charge in [-0.15, -0.1) is 0 Å². The summed E-state index contributed by atoms with van der Waals surface area (Å²) in [6.45, 7) is 1.35. The zero-order chi connectivity index (χ0) is 18.8. The molecule has 4 rings (SSSR count). The number of amides is 1. The summed E-state index contributed by atoms with van der Waals surface area (Å²) in [5.74, 6) is 0.598. The zero-order valence-electron chi connectivity index (χ0n) is 15.4. The second-order valence-corrected chi connectivity index (χ2v) is 6.62. The van der Waals surface area contributed by atoms with E-state index in [1.54, 1.807) is 18.0 Å². The van der Waals surface area contributed by atoms with Gasteiger partial charge < -0.3 is 14.8 Å². The number of hydrogen-bond donors (Lipinski definition) is 1. The number of rotatable bonds is 4. The number of carbonyl (C=O) groups excluding carboxylic acids is 1. The maximum atomic E-state index is 13.0. The van der Waals surface area contributed by atoms with E-state index in [1.807, 2.05) is 37.4 Å². The highest BCUT2D eigenvalue weighted by molar-refractivity contribution is 6.06. The highest BCUT2D eigenvalue weighted by Gasteiger charge is 2.21. The van der Waals surface area contributed by atoms with E-state index >= 15 is 0 Å². The predicted molar refractivity (Wildman–Crippen MR) is 102 cm³/mol. The average Bonchev–Trinajstić information content (AvgIpc) is 3.09. The average molecular weight is 366 g/mol. The summed E-state index contributed by atoms with van der Waals surface area (Å²) in [5, 5.41) is 8.15. The molecule has 0 radical (unpaired) electrons. The van der Waals surface area contributed by atoms with Gasteiger partial charge in [0.05, 0.1) is 30.0 Å². The molecule has 0 atom stereocenters. The number of nitrogens with zero attached hydrogens (tertiary/aromatic N) is 3. The fourth-order valence-electron chi connectivity index (χ4n) is 3.40. The molecule has 0 spiro atoms. The number of para-hydroxylation sites is 1. The van der Waals surface area contributed by atoms with Crippen molar-refractivity contribution >= 4 is 16.9 Å². The van der Waals surface area contributed by atoms with Crippen molar-refractivity contribution in [1.29, 1.82) is 0 Å². The van der Waals surface area contributed by atoms with Gasteiger partial charge in [-0.25, -0.2) is 4.98 Å². The molecule has 0 unspecified atom stereocenters. The number of aryl methyl sites for hydroxylation is 1. The molecule has 1 aliphatic rings. The van der Waals surface area contributed by atoms with Gasteiger partial charge in [0.25, 0.3) is 5.91 Å². The van der Waals surface area contributed by atoms with Crippen molar-refractivity contribution in [1.82, 2.24) is 20.1 Å². The van der Waals surface area contributed by atoms with Crippen LogP contribution in [0.5, 0.6) is 5.75 Å². The van der Waals surface area contributed by atoms with Gasteiger partial charge in [-0.05, 0) is 31.0 Å². The Kier molecular flexibility index (Phi) is 4.77. The third kappa shape index (κ3) is 3.38. The van der Waals surface area contributed by atoms with Crippen molar-refractivity contribution in [2.75, 3.05) is 20.3 Å². The van der Waals surface area contributed by atoms with Crippen molar-refractivity contribution < 1.29 is 14.3 Å². The number of methoxy groups -OCH3 is 1. The maximum absolute atomic E-state index is 13.0. The van der Waals surface area contributed by atoms with E-state index in [0.29, 0.717) is 35.9 Å². The number of benzene rings is 1. The van der Waals surface area contributed by atoms with Crippen LogP contribution in [0.2, 0.25) is 0 Å². The van der Waals surface area contributed by atoms with Gasteiger partial charge in [0.2, 0.25) is 0 Å². The van der Waals surface area contributed by atoms with E-state index in [4.69, 9.17) is 14.5 Å². The number of nitrogens with one attached hydrogen (secondary N) is 1. The number of carbonyl (C=O) groups is 1. The Morgan fingerprint density at radius 3 is 2.85 bits per heavy atom. The molecule has 1 aliphatic heterocycles. The summed E-state index contributed by atoms with van der Waals surface area (Å²) in [6.07, 6.45) is 3.34. The van der Waals surface area contributed by atoms with Crippen LogP contribution in [0.15, 0.2) is 36.5 Å². The Labute approximate surface area is 157 Å². The molecule has 1 N–H and O–H groups in total. The van der Waals surface area contributed by atoms with E-state index in [1.165, 1.54) is 0 Å². The Bertz CT molecular complexity index is 977. The molecule has 1 amide bonds. The molecule has 3 aromatic rings. The fraction of sp³-hybridized carbons (Fsp3) is 0.350. The summed E-state index contributed by atoms with van der Waals surface area (Å²) in [5.41, 5.74) is 2.75. The van der Waals surface area contributed by atoms with Crippen LogP contribution in [0.25, 0.3) is 22.3 Å². The second-order valence-electron chi connectivity index (χ2n) is 6.62. The lowest BCUT2D eigenvalue weighted by molar-refractivity contribution is 0.0697. The summed E-state index contributed by atoms with van der Waals surface area (Å²) in [4.78, 5) is 17.8. The van der Waals surface area contributed by atoms with Crippen LogP contribution < -0.4 is 10.1 Å². The summed E-state index contributed by atoms with van der Waals surface area (Å²) >= 11 is 0. The SMILES string of the molecule is COc1ccccc1-c1cc(C(=O)NC2CCOCC2)c2cnn(C)c2n1. The van der Waals surface area contributed by atoms with Gasteiger partial charge in [0.1, 0.15) is 5.75 Å². The predicted octanol–water partition coefficient (Wildman–Crippen LogP) is 2.55. The van der Waals surface area contributed by atoms with Crippen LogP contribution in [0.4, 0.5) is 0 Å². The lowest BCUT2D eigenvalue weighted by atomic mass is 10.0. The number of hydrogen-bond acceptors (Lipinski definition) is 5. The van der Waals surface area contributed by atoms with Crippen molar-refractivity contribution in [3.63, 3.8) is 0 Å². The van der Waals surface area contributed by atoms with Crippen LogP contribution in [0.3, 0.4) is 0 Å². The van der Waals surface area contributed by atoms with Crippen LogP contribution in [-0.2, 0) is 11.8 Å². The molecule has 1 saturated heterocycles.